The fourth-order valence-electron chi connectivity index (χ4n) is 3.05. The van der Waals surface area contributed by atoms with Crippen LogP contribution >= 0.6 is 0 Å². The van der Waals surface area contributed by atoms with Crippen molar-refractivity contribution in [3.8, 4) is 11.1 Å². The zero-order chi connectivity index (χ0) is 16.2. The van der Waals surface area contributed by atoms with Gasteiger partial charge in [0.05, 0.1) is 0 Å². The van der Waals surface area contributed by atoms with Crippen LogP contribution in [0.5, 0.6) is 0 Å². The minimum absolute atomic E-state index is 0.00635. The number of carbonyl (C=O) groups excluding carboxylic acids is 2. The molecule has 2 heterocycles. The average Bonchev–Trinajstić information content (AvgIpc) is 2.62. The number of likely N-dealkylation sites (tertiary alicyclic amines) is 1. The van der Waals surface area contributed by atoms with Crippen LogP contribution in [0.4, 0.5) is 0 Å². The molecule has 23 heavy (non-hydrogen) atoms. The van der Waals surface area contributed by atoms with Gasteiger partial charge in [0.2, 0.25) is 0 Å². The van der Waals surface area contributed by atoms with E-state index >= 15 is 0 Å². The van der Waals surface area contributed by atoms with Gasteiger partial charge >= 0.3 is 0 Å². The van der Waals surface area contributed by atoms with Crippen molar-refractivity contribution in [3.63, 3.8) is 0 Å². The molecule has 0 saturated carbocycles. The molecule has 1 unspecified atom stereocenters. The molecular formula is C19H20N2O2. The van der Waals surface area contributed by atoms with Crippen LogP contribution < -0.4 is 0 Å². The van der Waals surface area contributed by atoms with Crippen molar-refractivity contribution >= 4 is 11.7 Å². The number of piperidine rings is 1. The maximum absolute atomic E-state index is 12.8. The number of ketones is 1. The van der Waals surface area contributed by atoms with Crippen molar-refractivity contribution in [1.82, 2.24) is 9.88 Å². The zero-order valence-electron chi connectivity index (χ0n) is 13.2. The summed E-state index contributed by atoms with van der Waals surface area (Å²) in [5.41, 5.74) is 2.71. The first kappa shape index (κ1) is 15.4. The first-order chi connectivity index (χ1) is 11.1. The molecule has 4 nitrogen and oxygen atoms in total. The van der Waals surface area contributed by atoms with Crippen LogP contribution in [0.25, 0.3) is 11.1 Å². The number of rotatable bonds is 3. The lowest BCUT2D eigenvalue weighted by molar-refractivity contribution is -0.121. The minimum Gasteiger partial charge on any atom is -0.338 e. The third kappa shape index (κ3) is 3.47. The predicted octanol–water partition coefficient (Wildman–Crippen LogP) is 3.19. The second kappa shape index (κ2) is 6.73. The maximum Gasteiger partial charge on any atom is 0.253 e. The largest absolute Gasteiger partial charge is 0.338 e. The van der Waals surface area contributed by atoms with Gasteiger partial charge in [-0.25, -0.2) is 0 Å². The summed E-state index contributed by atoms with van der Waals surface area (Å²) < 4.78 is 0. The molecule has 0 radical (unpaired) electrons. The molecule has 1 saturated heterocycles. The molecule has 1 fully saturated rings. The Bertz CT molecular complexity index is 712. The van der Waals surface area contributed by atoms with Crippen molar-refractivity contribution in [2.24, 2.45) is 5.92 Å². The Hall–Kier alpha value is -2.49. The SMILES string of the molecule is CC(=O)C1CCCN(C(=O)c2cccc(-c3ccncc3)c2)C1. The zero-order valence-corrected chi connectivity index (χ0v) is 13.2. The van der Waals surface area contributed by atoms with E-state index in [-0.39, 0.29) is 17.6 Å². The summed E-state index contributed by atoms with van der Waals surface area (Å²) in [6.07, 6.45) is 5.26. The summed E-state index contributed by atoms with van der Waals surface area (Å²) >= 11 is 0. The van der Waals surface area contributed by atoms with Gasteiger partial charge in [0.25, 0.3) is 5.91 Å². The van der Waals surface area contributed by atoms with Gasteiger partial charge in [0, 0.05) is 37.0 Å². The number of amides is 1. The molecule has 1 aliphatic heterocycles. The molecule has 118 valence electrons. The second-order valence-corrected chi connectivity index (χ2v) is 6.02. The Labute approximate surface area is 136 Å². The van der Waals surface area contributed by atoms with Gasteiger partial charge in [-0.2, -0.15) is 0 Å². The van der Waals surface area contributed by atoms with Crippen molar-refractivity contribution in [2.75, 3.05) is 13.1 Å². The number of nitrogens with zero attached hydrogens (tertiary/aromatic N) is 2. The van der Waals surface area contributed by atoms with E-state index in [4.69, 9.17) is 0 Å². The van der Waals surface area contributed by atoms with E-state index in [0.717, 1.165) is 30.5 Å². The van der Waals surface area contributed by atoms with Crippen molar-refractivity contribution in [2.45, 2.75) is 19.8 Å². The average molecular weight is 308 g/mol. The first-order valence-corrected chi connectivity index (χ1v) is 7.95. The molecule has 0 aliphatic carbocycles. The van der Waals surface area contributed by atoms with E-state index in [9.17, 15) is 9.59 Å². The van der Waals surface area contributed by atoms with Crippen LogP contribution in [-0.4, -0.2) is 34.7 Å². The summed E-state index contributed by atoms with van der Waals surface area (Å²) in [4.78, 5) is 30.2. The summed E-state index contributed by atoms with van der Waals surface area (Å²) in [5.74, 6) is 0.163. The molecule has 3 rings (SSSR count). The van der Waals surface area contributed by atoms with E-state index in [1.807, 2.05) is 36.4 Å². The fraction of sp³-hybridized carbons (Fsp3) is 0.316. The van der Waals surface area contributed by atoms with Gasteiger partial charge in [0.1, 0.15) is 5.78 Å². The van der Waals surface area contributed by atoms with Gasteiger partial charge < -0.3 is 4.90 Å². The number of pyridine rings is 1. The monoisotopic (exact) mass is 308 g/mol. The Morgan fingerprint density at radius 1 is 1.13 bits per heavy atom. The molecule has 0 bridgehead atoms. The number of Topliss-reactive ketones (excluding diaryl/α,β-unsaturated/α-hetero) is 1. The highest BCUT2D eigenvalue weighted by atomic mass is 16.2. The molecule has 4 heteroatoms. The predicted molar refractivity (Wildman–Crippen MR) is 89.0 cm³/mol. The highest BCUT2D eigenvalue weighted by Crippen LogP contribution is 2.23. The molecule has 1 aromatic carbocycles. The summed E-state index contributed by atoms with van der Waals surface area (Å²) in [7, 11) is 0. The molecule has 2 aromatic rings. The molecule has 1 amide bonds. The lowest BCUT2D eigenvalue weighted by Gasteiger charge is -2.31. The second-order valence-electron chi connectivity index (χ2n) is 6.02. The third-order valence-corrected chi connectivity index (χ3v) is 4.41. The molecular weight excluding hydrogens is 288 g/mol. The Kier molecular flexibility index (Phi) is 4.51. The van der Waals surface area contributed by atoms with Crippen LogP contribution in [0.3, 0.4) is 0 Å². The lowest BCUT2D eigenvalue weighted by atomic mass is 9.94. The number of benzene rings is 1. The number of hydrogen-bond acceptors (Lipinski definition) is 3. The summed E-state index contributed by atoms with van der Waals surface area (Å²) in [5, 5.41) is 0. The van der Waals surface area contributed by atoms with Crippen molar-refractivity contribution in [3.05, 3.63) is 54.4 Å². The Balaban J connectivity index is 1.81. The Morgan fingerprint density at radius 2 is 1.91 bits per heavy atom. The molecule has 0 spiro atoms. The highest BCUT2D eigenvalue weighted by molar-refractivity contribution is 5.96. The van der Waals surface area contributed by atoms with E-state index in [1.165, 1.54) is 0 Å². The van der Waals surface area contributed by atoms with Crippen LogP contribution in [-0.2, 0) is 4.79 Å². The Morgan fingerprint density at radius 3 is 2.65 bits per heavy atom. The standard InChI is InChI=1S/C19H20N2O2/c1-14(22)18-6-3-11-21(13-18)19(23)17-5-2-4-16(12-17)15-7-9-20-10-8-15/h2,4-5,7-10,12,18H,3,6,11,13H2,1H3. The number of hydrogen-bond donors (Lipinski definition) is 0. The van der Waals surface area contributed by atoms with Gasteiger partial charge in [0.15, 0.2) is 0 Å². The quantitative estimate of drug-likeness (QED) is 0.875. The maximum atomic E-state index is 12.8. The van der Waals surface area contributed by atoms with Crippen LogP contribution in [0.15, 0.2) is 48.8 Å². The van der Waals surface area contributed by atoms with Gasteiger partial charge in [-0.1, -0.05) is 12.1 Å². The van der Waals surface area contributed by atoms with E-state index in [2.05, 4.69) is 4.98 Å². The van der Waals surface area contributed by atoms with Gasteiger partial charge in [-0.3, -0.25) is 14.6 Å². The van der Waals surface area contributed by atoms with E-state index < -0.39 is 0 Å². The number of aromatic nitrogens is 1. The third-order valence-electron chi connectivity index (χ3n) is 4.41. The molecule has 1 aliphatic rings. The van der Waals surface area contributed by atoms with Gasteiger partial charge in [-0.05, 0) is 55.2 Å². The highest BCUT2D eigenvalue weighted by Gasteiger charge is 2.26. The number of carbonyl (C=O) groups is 2. The van der Waals surface area contributed by atoms with Crippen molar-refractivity contribution < 1.29 is 9.59 Å². The van der Waals surface area contributed by atoms with Crippen LogP contribution in [0, 0.1) is 5.92 Å². The smallest absolute Gasteiger partial charge is 0.253 e. The molecule has 0 N–H and O–H groups in total. The first-order valence-electron chi connectivity index (χ1n) is 7.95. The summed E-state index contributed by atoms with van der Waals surface area (Å²) in [6.45, 7) is 2.87. The molecule has 1 aromatic heterocycles. The minimum atomic E-state index is -0.0175. The fourth-order valence-corrected chi connectivity index (χ4v) is 3.05. The lowest BCUT2D eigenvalue weighted by Crippen LogP contribution is -2.41. The van der Waals surface area contributed by atoms with Gasteiger partial charge in [-0.15, -0.1) is 0 Å². The van der Waals surface area contributed by atoms with E-state index in [1.54, 1.807) is 24.2 Å². The van der Waals surface area contributed by atoms with Crippen LogP contribution in [0.1, 0.15) is 30.1 Å². The van der Waals surface area contributed by atoms with Crippen LogP contribution in [0.2, 0.25) is 0 Å². The summed E-state index contributed by atoms with van der Waals surface area (Å²) in [6, 6.07) is 11.5. The topological polar surface area (TPSA) is 50.3 Å². The molecule has 1 atom stereocenters. The van der Waals surface area contributed by atoms with Crippen molar-refractivity contribution in [1.29, 1.82) is 0 Å². The van der Waals surface area contributed by atoms with E-state index in [0.29, 0.717) is 12.1 Å². The normalized spacial score (nSPS) is 17.8.